The van der Waals surface area contributed by atoms with Crippen molar-refractivity contribution >= 4 is 11.9 Å². The minimum absolute atomic E-state index is 0.171. The number of hydrogen-bond donors (Lipinski definition) is 2. The Hall–Kier alpha value is -1.32. The van der Waals surface area contributed by atoms with E-state index >= 15 is 0 Å². The van der Waals surface area contributed by atoms with Gasteiger partial charge in [-0.05, 0) is 37.5 Å². The first-order valence-corrected chi connectivity index (χ1v) is 15.6. The molecule has 0 fully saturated rings. The maximum Gasteiger partial charge on any atom is 0.332 e. The van der Waals surface area contributed by atoms with Gasteiger partial charge in [0.2, 0.25) is 0 Å². The van der Waals surface area contributed by atoms with Crippen LogP contribution >= 0.6 is 0 Å². The van der Waals surface area contributed by atoms with Gasteiger partial charge < -0.3 is 10.2 Å². The second kappa shape index (κ2) is 24.0. The van der Waals surface area contributed by atoms with Crippen LogP contribution in [0.2, 0.25) is 0 Å². The van der Waals surface area contributed by atoms with Gasteiger partial charge in [-0.2, -0.15) is 0 Å². The summed E-state index contributed by atoms with van der Waals surface area (Å²) in [5.74, 6) is -2.40. The van der Waals surface area contributed by atoms with E-state index in [1.54, 1.807) is 0 Å². The molecule has 212 valence electrons. The topological polar surface area (TPSA) is 74.6 Å². The van der Waals surface area contributed by atoms with E-state index in [2.05, 4.69) is 13.8 Å². The number of unbranched alkanes of at least 4 members (excludes halogenated alkanes) is 16. The van der Waals surface area contributed by atoms with E-state index in [-0.39, 0.29) is 23.0 Å². The fraction of sp³-hybridized carbons (Fsp3) is 0.875. The zero-order valence-corrected chi connectivity index (χ0v) is 24.4. The van der Waals surface area contributed by atoms with Crippen LogP contribution < -0.4 is 0 Å². The molecule has 0 aromatic carbocycles. The fourth-order valence-electron chi connectivity index (χ4n) is 5.53. The molecule has 0 aliphatic rings. The highest BCUT2D eigenvalue weighted by Crippen LogP contribution is 2.33. The highest BCUT2D eigenvalue weighted by Gasteiger charge is 2.30. The lowest BCUT2D eigenvalue weighted by Gasteiger charge is -2.23. The van der Waals surface area contributed by atoms with Crippen molar-refractivity contribution in [2.24, 2.45) is 11.8 Å². The molecule has 36 heavy (non-hydrogen) atoms. The zero-order valence-electron chi connectivity index (χ0n) is 24.4. The summed E-state index contributed by atoms with van der Waals surface area (Å²) in [6.45, 7) is 8.48. The second-order valence-electron chi connectivity index (χ2n) is 10.9. The quantitative estimate of drug-likeness (QED) is 0.0900. The molecule has 0 radical (unpaired) electrons. The minimum Gasteiger partial charge on any atom is -0.478 e. The van der Waals surface area contributed by atoms with Crippen molar-refractivity contribution in [3.05, 3.63) is 11.1 Å². The van der Waals surface area contributed by atoms with E-state index in [4.69, 9.17) is 0 Å². The van der Waals surface area contributed by atoms with Gasteiger partial charge >= 0.3 is 11.9 Å². The standard InChI is InChI=1S/C32H60O4/c1-5-9-11-13-15-17-19-21-23-25-27(7-3)29(31(33)34)30(32(35)36)28(8-4)26-24-22-20-18-16-14-12-10-6-2/h27-28H,5-26H2,1-4H3,(H,33,34)(H,35,36)/b30-29-. The second-order valence-corrected chi connectivity index (χ2v) is 10.9. The molecule has 0 spiro atoms. The normalized spacial score (nSPS) is 13.9. The highest BCUT2D eigenvalue weighted by atomic mass is 16.4. The monoisotopic (exact) mass is 508 g/mol. The molecule has 2 N–H and O–H groups in total. The Balaban J connectivity index is 4.86. The predicted molar refractivity (Wildman–Crippen MR) is 154 cm³/mol. The summed E-state index contributed by atoms with van der Waals surface area (Å²) in [4.78, 5) is 24.7. The maximum atomic E-state index is 12.3. The van der Waals surface area contributed by atoms with Crippen LogP contribution in [-0.4, -0.2) is 22.2 Å². The van der Waals surface area contributed by atoms with Crippen molar-refractivity contribution in [3.8, 4) is 0 Å². The Morgan fingerprint density at radius 2 is 0.694 bits per heavy atom. The Morgan fingerprint density at radius 1 is 0.444 bits per heavy atom. The van der Waals surface area contributed by atoms with E-state index in [1.165, 1.54) is 89.9 Å². The molecule has 0 aromatic rings. The minimum atomic E-state index is -1.03. The molecule has 4 heteroatoms. The van der Waals surface area contributed by atoms with Crippen LogP contribution in [0, 0.1) is 11.8 Å². The third-order valence-electron chi connectivity index (χ3n) is 7.87. The summed E-state index contributed by atoms with van der Waals surface area (Å²) in [7, 11) is 0. The number of aliphatic carboxylic acids is 2. The van der Waals surface area contributed by atoms with Crippen LogP contribution in [0.5, 0.6) is 0 Å². The van der Waals surface area contributed by atoms with Gasteiger partial charge in [0, 0.05) is 0 Å². The molecule has 0 saturated carbocycles. The van der Waals surface area contributed by atoms with Crippen LogP contribution in [-0.2, 0) is 9.59 Å². The Labute approximate surface area is 223 Å². The van der Waals surface area contributed by atoms with Crippen molar-refractivity contribution in [3.63, 3.8) is 0 Å². The third-order valence-corrected chi connectivity index (χ3v) is 7.87. The van der Waals surface area contributed by atoms with E-state index in [9.17, 15) is 19.8 Å². The molecular weight excluding hydrogens is 448 g/mol. The Kier molecular flexibility index (Phi) is 23.2. The molecule has 2 unspecified atom stereocenters. The number of carbonyl (C=O) groups is 2. The smallest absolute Gasteiger partial charge is 0.332 e. The average Bonchev–Trinajstić information content (AvgIpc) is 2.86. The fourth-order valence-corrected chi connectivity index (χ4v) is 5.53. The summed E-state index contributed by atoms with van der Waals surface area (Å²) in [5, 5.41) is 20.2. The predicted octanol–water partition coefficient (Wildman–Crippen LogP) is 10.3. The zero-order chi connectivity index (χ0) is 27.0. The SMILES string of the molecule is CCCCCCCCCCCC(CC)/C(C(=O)O)=C(/C(=O)O)C(CC)CCCCCCCCCCC. The van der Waals surface area contributed by atoms with E-state index in [1.807, 2.05) is 13.8 Å². The van der Waals surface area contributed by atoms with Crippen molar-refractivity contribution in [1.82, 2.24) is 0 Å². The molecule has 0 saturated heterocycles. The summed E-state index contributed by atoms with van der Waals surface area (Å²) in [6.07, 6.45) is 25.0. The molecule has 0 amide bonds. The lowest BCUT2D eigenvalue weighted by atomic mass is 9.80. The Morgan fingerprint density at radius 3 is 0.917 bits per heavy atom. The van der Waals surface area contributed by atoms with Crippen LogP contribution in [0.4, 0.5) is 0 Å². The van der Waals surface area contributed by atoms with Crippen molar-refractivity contribution in [1.29, 1.82) is 0 Å². The molecular formula is C32H60O4. The van der Waals surface area contributed by atoms with E-state index in [0.29, 0.717) is 12.8 Å². The number of carboxylic acids is 2. The molecule has 0 rings (SSSR count). The largest absolute Gasteiger partial charge is 0.478 e. The maximum absolute atomic E-state index is 12.3. The highest BCUT2D eigenvalue weighted by molar-refractivity contribution is 5.99. The number of hydrogen-bond acceptors (Lipinski definition) is 2. The van der Waals surface area contributed by atoms with Gasteiger partial charge in [0.1, 0.15) is 0 Å². The van der Waals surface area contributed by atoms with Crippen molar-refractivity contribution in [2.45, 2.75) is 169 Å². The first-order chi connectivity index (χ1) is 17.4. The summed E-state index contributed by atoms with van der Waals surface area (Å²) in [5.41, 5.74) is 0.375. The van der Waals surface area contributed by atoms with Gasteiger partial charge in [-0.3, -0.25) is 0 Å². The first-order valence-electron chi connectivity index (χ1n) is 15.6. The van der Waals surface area contributed by atoms with Gasteiger partial charge in [0.05, 0.1) is 11.1 Å². The molecule has 0 aromatic heterocycles. The van der Waals surface area contributed by atoms with E-state index < -0.39 is 11.9 Å². The molecule has 0 bridgehead atoms. The molecule has 0 aliphatic heterocycles. The van der Waals surface area contributed by atoms with Crippen LogP contribution in [0.15, 0.2) is 11.1 Å². The number of rotatable bonds is 26. The Bertz CT molecular complexity index is 531. The summed E-state index contributed by atoms with van der Waals surface area (Å²) in [6, 6.07) is 0. The van der Waals surface area contributed by atoms with Gasteiger partial charge in [-0.1, -0.05) is 143 Å². The van der Waals surface area contributed by atoms with Gasteiger partial charge in [-0.25, -0.2) is 9.59 Å². The average molecular weight is 509 g/mol. The third kappa shape index (κ3) is 16.4. The van der Waals surface area contributed by atoms with Crippen molar-refractivity contribution in [2.75, 3.05) is 0 Å². The van der Waals surface area contributed by atoms with Gasteiger partial charge in [-0.15, -0.1) is 0 Å². The first kappa shape index (κ1) is 34.7. The molecule has 0 heterocycles. The molecule has 4 nitrogen and oxygen atoms in total. The van der Waals surface area contributed by atoms with Crippen molar-refractivity contribution < 1.29 is 19.8 Å². The number of carboxylic acid groups (broad SMARTS) is 2. The van der Waals surface area contributed by atoms with Crippen LogP contribution in [0.3, 0.4) is 0 Å². The van der Waals surface area contributed by atoms with E-state index in [0.717, 1.165) is 38.5 Å². The van der Waals surface area contributed by atoms with Crippen LogP contribution in [0.25, 0.3) is 0 Å². The lowest BCUT2D eigenvalue weighted by Crippen LogP contribution is -2.23. The summed E-state index contributed by atoms with van der Waals surface area (Å²) >= 11 is 0. The lowest BCUT2D eigenvalue weighted by molar-refractivity contribution is -0.137. The molecule has 0 aliphatic carbocycles. The molecule has 2 atom stereocenters. The van der Waals surface area contributed by atoms with Gasteiger partial charge in [0.25, 0.3) is 0 Å². The summed E-state index contributed by atoms with van der Waals surface area (Å²) < 4.78 is 0. The van der Waals surface area contributed by atoms with Crippen LogP contribution in [0.1, 0.15) is 169 Å². The van der Waals surface area contributed by atoms with Gasteiger partial charge in [0.15, 0.2) is 0 Å².